The van der Waals surface area contributed by atoms with Crippen LogP contribution in [0.3, 0.4) is 0 Å². The van der Waals surface area contributed by atoms with Gasteiger partial charge < -0.3 is 19.3 Å². The third-order valence-electron chi connectivity index (χ3n) is 5.33. The predicted octanol–water partition coefficient (Wildman–Crippen LogP) is 5.16. The van der Waals surface area contributed by atoms with Crippen molar-refractivity contribution in [1.82, 2.24) is 19.8 Å². The lowest BCUT2D eigenvalue weighted by atomic mass is 10.1. The molecule has 0 unspecified atom stereocenters. The van der Waals surface area contributed by atoms with Gasteiger partial charge >= 0.3 is 6.18 Å². The summed E-state index contributed by atoms with van der Waals surface area (Å²) in [4.78, 5) is 24.4. The molecule has 7 nitrogen and oxygen atoms in total. The Hall–Kier alpha value is -3.56. The predicted molar refractivity (Wildman–Crippen MR) is 121 cm³/mol. The molecule has 0 fully saturated rings. The van der Waals surface area contributed by atoms with Crippen LogP contribution in [0.1, 0.15) is 42.2 Å². The fourth-order valence-corrected chi connectivity index (χ4v) is 3.64. The molecule has 2 aromatic rings. The normalized spacial score (nSPS) is 13.6. The van der Waals surface area contributed by atoms with Gasteiger partial charge in [-0.1, -0.05) is 19.9 Å². The van der Waals surface area contributed by atoms with Crippen molar-refractivity contribution in [2.75, 3.05) is 20.8 Å². The van der Waals surface area contributed by atoms with Gasteiger partial charge in [-0.25, -0.2) is 4.98 Å². The van der Waals surface area contributed by atoms with Crippen molar-refractivity contribution in [2.24, 2.45) is 0 Å². The number of halogens is 3. The summed E-state index contributed by atoms with van der Waals surface area (Å²) >= 11 is 0. The molecule has 0 radical (unpaired) electrons. The van der Waals surface area contributed by atoms with Crippen LogP contribution in [-0.4, -0.2) is 52.6 Å². The second-order valence-electron chi connectivity index (χ2n) is 7.71. The fourth-order valence-electron chi connectivity index (χ4n) is 3.64. The molecule has 0 saturated carbocycles. The minimum absolute atomic E-state index is 0.162. The van der Waals surface area contributed by atoms with Crippen molar-refractivity contribution in [1.29, 1.82) is 0 Å². The molecule has 0 atom stereocenters. The van der Waals surface area contributed by atoms with Crippen LogP contribution in [0.5, 0.6) is 11.6 Å². The summed E-state index contributed by atoms with van der Waals surface area (Å²) in [6.07, 6.45) is 1.64. The topological polar surface area (TPSA) is 67.8 Å². The third kappa shape index (κ3) is 5.67. The third-order valence-corrected chi connectivity index (χ3v) is 5.33. The zero-order valence-electron chi connectivity index (χ0n) is 19.4. The number of unbranched alkanes of at least 4 members (excludes halogenated alkanes) is 1. The average molecular weight is 476 g/mol. The number of fused-ring (bicyclic) bond motifs is 1. The number of alkyl halides is 3. The number of aromatic nitrogens is 2. The first-order valence-corrected chi connectivity index (χ1v) is 10.8. The summed E-state index contributed by atoms with van der Waals surface area (Å²) in [6.45, 7) is 4.43. The SMILES string of the molecule is C=CN(/C=C(\CCCC)N1Cc2nc(-c3cnc(OC)c(OC)c3)ccc2C1=O)CC(F)(F)F. The Morgan fingerprint density at radius 2 is 2.06 bits per heavy atom. The van der Waals surface area contributed by atoms with E-state index in [2.05, 4.69) is 16.5 Å². The van der Waals surface area contributed by atoms with Crippen LogP contribution in [0.25, 0.3) is 11.3 Å². The number of rotatable bonds is 10. The Kier molecular flexibility index (Phi) is 7.80. The first-order valence-electron chi connectivity index (χ1n) is 10.8. The van der Waals surface area contributed by atoms with Gasteiger partial charge in [0.25, 0.3) is 11.8 Å². The first kappa shape index (κ1) is 25.1. The van der Waals surface area contributed by atoms with Crippen LogP contribution < -0.4 is 9.47 Å². The van der Waals surface area contributed by atoms with E-state index in [1.165, 1.54) is 25.3 Å². The molecule has 1 amide bonds. The highest BCUT2D eigenvalue weighted by molar-refractivity contribution is 5.99. The Bertz CT molecular complexity index is 1090. The molecule has 0 bridgehead atoms. The molecule has 10 heteroatoms. The van der Waals surface area contributed by atoms with E-state index < -0.39 is 12.7 Å². The molecule has 34 heavy (non-hydrogen) atoms. The lowest BCUT2D eigenvalue weighted by molar-refractivity contribution is -0.136. The van der Waals surface area contributed by atoms with E-state index in [1.54, 1.807) is 24.4 Å². The molecule has 0 aromatic carbocycles. The molecule has 0 N–H and O–H groups in total. The van der Waals surface area contributed by atoms with Crippen molar-refractivity contribution in [2.45, 2.75) is 38.9 Å². The van der Waals surface area contributed by atoms with E-state index in [1.807, 2.05) is 6.92 Å². The zero-order chi connectivity index (χ0) is 24.9. The van der Waals surface area contributed by atoms with E-state index in [9.17, 15) is 18.0 Å². The number of carbonyl (C=O) groups is 1. The molecule has 0 spiro atoms. The second kappa shape index (κ2) is 10.6. The summed E-state index contributed by atoms with van der Waals surface area (Å²) in [6, 6.07) is 5.12. The maximum Gasteiger partial charge on any atom is 0.406 e. The van der Waals surface area contributed by atoms with E-state index in [0.29, 0.717) is 46.3 Å². The standard InChI is InChI=1S/C24H27F3N4O3/c1-5-7-8-17(13-30(6-2)15-24(25,26)27)31-14-20-18(23(31)32)9-10-19(29-20)16-11-21(33-3)22(34-4)28-12-16/h6,9-13H,2,5,7-8,14-15H2,1,3-4H3/b17-13+. The summed E-state index contributed by atoms with van der Waals surface area (Å²) in [5.41, 5.74) is 2.71. The zero-order valence-corrected chi connectivity index (χ0v) is 19.4. The number of nitrogens with zero attached hydrogens (tertiary/aromatic N) is 4. The van der Waals surface area contributed by atoms with Crippen molar-refractivity contribution in [3.05, 3.63) is 60.3 Å². The maximum atomic E-state index is 13.1. The lowest BCUT2D eigenvalue weighted by Crippen LogP contribution is -2.29. The van der Waals surface area contributed by atoms with E-state index in [0.717, 1.165) is 23.9 Å². The number of ether oxygens (including phenoxy) is 2. The van der Waals surface area contributed by atoms with Gasteiger partial charge in [0, 0.05) is 23.7 Å². The number of pyridine rings is 2. The lowest BCUT2D eigenvalue weighted by Gasteiger charge is -2.24. The van der Waals surface area contributed by atoms with Gasteiger partial charge in [0.15, 0.2) is 5.75 Å². The number of hydrogen-bond acceptors (Lipinski definition) is 6. The van der Waals surface area contributed by atoms with Gasteiger partial charge in [-0.2, -0.15) is 13.2 Å². The molecule has 182 valence electrons. The first-order chi connectivity index (χ1) is 16.2. The van der Waals surface area contributed by atoms with Crippen molar-refractivity contribution < 1.29 is 27.4 Å². The molecule has 1 aliphatic heterocycles. The smallest absolute Gasteiger partial charge is 0.406 e. The van der Waals surface area contributed by atoms with Crippen LogP contribution in [0, 0.1) is 0 Å². The summed E-state index contributed by atoms with van der Waals surface area (Å²) < 4.78 is 49.3. The van der Waals surface area contributed by atoms with Gasteiger partial charge in [0.2, 0.25) is 0 Å². The molecule has 3 heterocycles. The molecule has 3 rings (SSSR count). The van der Waals surface area contributed by atoms with Gasteiger partial charge in [-0.3, -0.25) is 9.78 Å². The highest BCUT2D eigenvalue weighted by Gasteiger charge is 2.33. The summed E-state index contributed by atoms with van der Waals surface area (Å²) in [5, 5.41) is 0. The molecule has 0 saturated heterocycles. The van der Waals surface area contributed by atoms with Gasteiger partial charge in [-0.05, 0) is 37.2 Å². The fraction of sp³-hybridized carbons (Fsp3) is 0.375. The van der Waals surface area contributed by atoms with Crippen LogP contribution in [0.2, 0.25) is 0 Å². The Morgan fingerprint density at radius 1 is 1.29 bits per heavy atom. The molecule has 0 aliphatic carbocycles. The highest BCUT2D eigenvalue weighted by Crippen LogP contribution is 2.32. The van der Waals surface area contributed by atoms with E-state index in [-0.39, 0.29) is 12.5 Å². The Morgan fingerprint density at radius 3 is 2.68 bits per heavy atom. The van der Waals surface area contributed by atoms with Crippen LogP contribution in [0.15, 0.2) is 49.1 Å². The van der Waals surface area contributed by atoms with E-state index >= 15 is 0 Å². The largest absolute Gasteiger partial charge is 0.491 e. The molecular weight excluding hydrogens is 449 g/mol. The quantitative estimate of drug-likeness (QED) is 0.472. The highest BCUT2D eigenvalue weighted by atomic mass is 19.4. The van der Waals surface area contributed by atoms with Crippen molar-refractivity contribution >= 4 is 5.91 Å². The average Bonchev–Trinajstić information content (AvgIpc) is 3.15. The number of allylic oxidation sites excluding steroid dienone is 1. The molecule has 2 aromatic heterocycles. The summed E-state index contributed by atoms with van der Waals surface area (Å²) in [7, 11) is 3.00. The van der Waals surface area contributed by atoms with Crippen LogP contribution >= 0.6 is 0 Å². The van der Waals surface area contributed by atoms with Crippen molar-refractivity contribution in [3.63, 3.8) is 0 Å². The number of hydrogen-bond donors (Lipinski definition) is 0. The van der Waals surface area contributed by atoms with Crippen molar-refractivity contribution in [3.8, 4) is 22.9 Å². The molecular formula is C24H27F3N4O3. The number of amides is 1. The Balaban J connectivity index is 1.92. The monoisotopic (exact) mass is 476 g/mol. The maximum absolute atomic E-state index is 13.1. The van der Waals surface area contributed by atoms with Gasteiger partial charge in [0.1, 0.15) is 6.54 Å². The van der Waals surface area contributed by atoms with Gasteiger partial charge in [-0.15, -0.1) is 0 Å². The van der Waals surface area contributed by atoms with Crippen LogP contribution in [0.4, 0.5) is 13.2 Å². The van der Waals surface area contributed by atoms with Crippen LogP contribution in [-0.2, 0) is 6.54 Å². The molecule has 1 aliphatic rings. The van der Waals surface area contributed by atoms with E-state index in [4.69, 9.17) is 9.47 Å². The van der Waals surface area contributed by atoms with Gasteiger partial charge in [0.05, 0.1) is 37.7 Å². The minimum Gasteiger partial charge on any atom is -0.491 e. The number of carbonyl (C=O) groups excluding carboxylic acids is 1. The second-order valence-corrected chi connectivity index (χ2v) is 7.71. The Labute approximate surface area is 196 Å². The number of methoxy groups -OCH3 is 2. The summed E-state index contributed by atoms with van der Waals surface area (Å²) in [5.74, 6) is 0.488. The minimum atomic E-state index is -4.40.